The molecule has 0 spiro atoms. The van der Waals surface area contributed by atoms with E-state index < -0.39 is 46.0 Å². The van der Waals surface area contributed by atoms with Crippen molar-refractivity contribution in [1.29, 1.82) is 0 Å². The second-order valence-electron chi connectivity index (χ2n) is 8.14. The average Bonchev–Trinajstić information content (AvgIpc) is 3.17. The second-order valence-corrected chi connectivity index (χ2v) is 9.68. The number of methoxy groups -OCH3 is 1. The number of benzene rings is 2. The summed E-state index contributed by atoms with van der Waals surface area (Å²) in [6.07, 6.45) is -5.27. The lowest BCUT2D eigenvalue weighted by atomic mass is 9.92. The van der Waals surface area contributed by atoms with E-state index in [-0.39, 0.29) is 19.6 Å². The number of rotatable bonds is 10. The van der Waals surface area contributed by atoms with Crippen LogP contribution in [0, 0.1) is 6.92 Å². The average molecular weight is 527 g/mol. The highest BCUT2D eigenvalue weighted by atomic mass is 32.2. The number of alkyl halides is 3. The van der Waals surface area contributed by atoms with Crippen LogP contribution in [0.3, 0.4) is 0 Å². The van der Waals surface area contributed by atoms with Gasteiger partial charge in [0.15, 0.2) is 6.10 Å². The van der Waals surface area contributed by atoms with Crippen LogP contribution in [-0.4, -0.2) is 48.6 Å². The van der Waals surface area contributed by atoms with Crippen molar-refractivity contribution in [2.75, 3.05) is 20.3 Å². The summed E-state index contributed by atoms with van der Waals surface area (Å²) in [7, 11) is -0.882. The molecule has 0 bridgehead atoms. The molecule has 0 saturated carbocycles. The summed E-state index contributed by atoms with van der Waals surface area (Å²) in [4.78, 5) is 14.1. The van der Waals surface area contributed by atoms with Crippen molar-refractivity contribution in [3.63, 3.8) is 0 Å². The predicted octanol–water partition coefficient (Wildman–Crippen LogP) is 5.18. The number of esters is 1. The fourth-order valence-corrected chi connectivity index (χ4v) is 5.41. The van der Waals surface area contributed by atoms with Gasteiger partial charge in [0.1, 0.15) is 0 Å². The van der Waals surface area contributed by atoms with E-state index in [0.29, 0.717) is 9.80 Å². The summed E-state index contributed by atoms with van der Waals surface area (Å²) in [5, 5.41) is 0. The van der Waals surface area contributed by atoms with E-state index >= 15 is 0 Å². The van der Waals surface area contributed by atoms with Crippen LogP contribution in [0.4, 0.5) is 13.2 Å². The highest BCUT2D eigenvalue weighted by molar-refractivity contribution is 7.89. The number of halogens is 3. The third-order valence-corrected chi connectivity index (χ3v) is 7.31. The lowest BCUT2D eigenvalue weighted by molar-refractivity contribution is -0.296. The van der Waals surface area contributed by atoms with Crippen LogP contribution in [0.5, 0.6) is 0 Å². The molecule has 0 fully saturated rings. The summed E-state index contributed by atoms with van der Waals surface area (Å²) in [5.41, 5.74) is -2.84. The molecule has 0 aliphatic heterocycles. The van der Waals surface area contributed by atoms with Gasteiger partial charge in [0.25, 0.3) is 5.60 Å². The molecular weight excluding hydrogens is 497 g/mol. The predicted molar refractivity (Wildman–Crippen MR) is 127 cm³/mol. The molecular formula is C26H29F3O6S. The van der Waals surface area contributed by atoms with Crippen LogP contribution in [0.25, 0.3) is 0 Å². The molecule has 0 N–H and O–H groups in total. The monoisotopic (exact) mass is 526 g/mol. The maximum absolute atomic E-state index is 14.4. The summed E-state index contributed by atoms with van der Waals surface area (Å²) in [6.45, 7) is 5.46. The lowest BCUT2D eigenvalue weighted by Gasteiger charge is -2.37. The van der Waals surface area contributed by atoms with Gasteiger partial charge in [-0.3, -0.25) is 0 Å². The van der Waals surface area contributed by atoms with Crippen LogP contribution in [0.1, 0.15) is 31.4 Å². The largest absolute Gasteiger partial charge is 0.450 e. The topological polar surface area (TPSA) is 71.1 Å². The Morgan fingerprint density at radius 3 is 2.11 bits per heavy atom. The Morgan fingerprint density at radius 1 is 1.03 bits per heavy atom. The molecule has 36 heavy (non-hydrogen) atoms. The van der Waals surface area contributed by atoms with Gasteiger partial charge < -0.3 is 18.9 Å². The molecule has 2 aromatic rings. The van der Waals surface area contributed by atoms with Crippen molar-refractivity contribution in [3.8, 4) is 0 Å². The molecule has 3 rings (SSSR count). The smallest absolute Gasteiger partial charge is 0.432 e. The van der Waals surface area contributed by atoms with Gasteiger partial charge in [-0.25, -0.2) is 9.00 Å². The fourth-order valence-electron chi connectivity index (χ4n) is 4.14. The molecule has 0 heterocycles. The zero-order valence-electron chi connectivity index (χ0n) is 20.5. The first-order valence-corrected chi connectivity index (χ1v) is 12.5. The lowest BCUT2D eigenvalue weighted by Crippen LogP contribution is -2.55. The Hall–Kier alpha value is -2.53. The van der Waals surface area contributed by atoms with Crippen molar-refractivity contribution >= 4 is 16.8 Å². The van der Waals surface area contributed by atoms with Gasteiger partial charge in [-0.05, 0) is 39.0 Å². The molecule has 1 aliphatic carbocycles. The molecule has 1 aliphatic rings. The third-order valence-electron chi connectivity index (χ3n) is 5.85. The highest BCUT2D eigenvalue weighted by Crippen LogP contribution is 2.45. The maximum atomic E-state index is 14.4. The molecule has 0 aromatic heterocycles. The Labute approximate surface area is 210 Å². The minimum atomic E-state index is -5.14. The first-order chi connectivity index (χ1) is 17.0. The second kappa shape index (κ2) is 11.2. The minimum Gasteiger partial charge on any atom is -0.450 e. The minimum absolute atomic E-state index is 0.0650. The van der Waals surface area contributed by atoms with Crippen molar-refractivity contribution in [2.45, 2.75) is 55.8 Å². The van der Waals surface area contributed by atoms with Gasteiger partial charge in [0.2, 0.25) is 5.79 Å². The summed E-state index contributed by atoms with van der Waals surface area (Å²) in [6, 6.07) is 13.5. The Balaban J connectivity index is 2.04. The van der Waals surface area contributed by atoms with Crippen molar-refractivity contribution in [1.82, 2.24) is 0 Å². The van der Waals surface area contributed by atoms with Crippen molar-refractivity contribution in [3.05, 3.63) is 76.7 Å². The molecule has 2 aromatic carbocycles. The van der Waals surface area contributed by atoms with Gasteiger partial charge >= 0.3 is 12.1 Å². The quantitative estimate of drug-likeness (QED) is 0.314. The zero-order valence-corrected chi connectivity index (χ0v) is 21.3. The molecule has 10 heteroatoms. The number of hydrogen-bond donors (Lipinski definition) is 0. The van der Waals surface area contributed by atoms with Crippen LogP contribution >= 0.6 is 0 Å². The van der Waals surface area contributed by atoms with Crippen LogP contribution in [0.15, 0.2) is 70.5 Å². The van der Waals surface area contributed by atoms with Gasteiger partial charge in [-0.15, -0.1) is 0 Å². The van der Waals surface area contributed by atoms with Crippen LogP contribution in [0.2, 0.25) is 0 Å². The number of carbonyl (C=O) groups excluding carboxylic acids is 1. The number of carbonyl (C=O) groups is 1. The van der Waals surface area contributed by atoms with E-state index in [2.05, 4.69) is 0 Å². The van der Waals surface area contributed by atoms with Gasteiger partial charge in [-0.2, -0.15) is 13.2 Å². The zero-order chi connectivity index (χ0) is 26.6. The molecule has 6 nitrogen and oxygen atoms in total. The summed E-state index contributed by atoms with van der Waals surface area (Å²) < 4.78 is 78.4. The standard InChI is InChI=1S/C26H29F3O6S/c1-5-33-24(34-6-2)17-21(36(31)20-14-12-18(3)13-15-20)16-22(24)35-23(30)25(32-4,26(27,28)29)19-10-8-7-9-11-19/h7-16,22H,5-6,17H2,1-4H3/t22-,25+,36+/m0/s1. The van der Waals surface area contributed by atoms with Crippen LogP contribution < -0.4 is 0 Å². The first-order valence-electron chi connectivity index (χ1n) is 11.4. The van der Waals surface area contributed by atoms with Crippen molar-refractivity contribution in [2.24, 2.45) is 0 Å². The van der Waals surface area contributed by atoms with E-state index in [1.165, 1.54) is 24.3 Å². The SMILES string of the molecule is CCOC1(OCC)CC([S@](=O)c2ccc(C)cc2)=C[C@@H]1OC(=O)[C@](OC)(c1ccccc1)C(F)(F)F. The molecule has 0 amide bonds. The van der Waals surface area contributed by atoms with Gasteiger partial charge in [-0.1, -0.05) is 48.0 Å². The number of hydrogen-bond acceptors (Lipinski definition) is 6. The molecule has 196 valence electrons. The number of ether oxygens (including phenoxy) is 4. The highest BCUT2D eigenvalue weighted by Gasteiger charge is 2.65. The normalized spacial score (nSPS) is 19.9. The van der Waals surface area contributed by atoms with E-state index in [9.17, 15) is 22.2 Å². The summed E-state index contributed by atoms with van der Waals surface area (Å²) >= 11 is 0. The molecule has 3 atom stereocenters. The van der Waals surface area contributed by atoms with Crippen molar-refractivity contribution < 1.29 is 41.1 Å². The van der Waals surface area contributed by atoms with E-state index in [1.807, 2.05) is 6.92 Å². The molecule has 0 radical (unpaired) electrons. The molecule has 0 unspecified atom stereocenters. The summed E-state index contributed by atoms with van der Waals surface area (Å²) in [5.74, 6) is -3.33. The maximum Gasteiger partial charge on any atom is 0.432 e. The van der Waals surface area contributed by atoms with E-state index in [4.69, 9.17) is 18.9 Å². The number of aryl methyl sites for hydroxylation is 1. The van der Waals surface area contributed by atoms with Gasteiger partial charge in [0, 0.05) is 42.1 Å². The Morgan fingerprint density at radius 2 is 1.61 bits per heavy atom. The first kappa shape index (κ1) is 28.0. The Bertz CT molecular complexity index is 1090. The fraction of sp³-hybridized carbons (Fsp3) is 0.423. The third kappa shape index (κ3) is 5.27. The molecule has 0 saturated heterocycles. The van der Waals surface area contributed by atoms with Crippen LogP contribution in [-0.2, 0) is 40.1 Å². The van der Waals surface area contributed by atoms with E-state index in [0.717, 1.165) is 24.8 Å². The van der Waals surface area contributed by atoms with Gasteiger partial charge in [0.05, 0.1) is 10.8 Å². The Kier molecular flexibility index (Phi) is 8.76. The van der Waals surface area contributed by atoms with E-state index in [1.54, 1.807) is 38.1 Å².